The normalized spacial score (nSPS) is 10.5. The highest BCUT2D eigenvalue weighted by molar-refractivity contribution is 5.92. The van der Waals surface area contributed by atoms with Gasteiger partial charge >= 0.3 is 0 Å². The molecular weight excluding hydrogens is 312 g/mol. The van der Waals surface area contributed by atoms with Crippen LogP contribution in [0.3, 0.4) is 0 Å². The molecule has 0 saturated carbocycles. The Bertz CT molecular complexity index is 673. The number of nitrogens with one attached hydrogen (secondary N) is 1. The summed E-state index contributed by atoms with van der Waals surface area (Å²) in [5, 5.41) is 3.24. The van der Waals surface area contributed by atoms with Crippen molar-refractivity contribution >= 4 is 11.9 Å². The Morgan fingerprint density at radius 2 is 1.92 bits per heavy atom. The summed E-state index contributed by atoms with van der Waals surface area (Å²) in [7, 11) is 1.82. The summed E-state index contributed by atoms with van der Waals surface area (Å²) in [6.07, 6.45) is 4.05. The van der Waals surface area contributed by atoms with Gasteiger partial charge in [0, 0.05) is 25.8 Å². The lowest BCUT2D eigenvalue weighted by molar-refractivity contribution is 0.0787. The molecule has 0 radical (unpaired) electrons. The van der Waals surface area contributed by atoms with E-state index in [9.17, 15) is 4.79 Å². The van der Waals surface area contributed by atoms with E-state index in [2.05, 4.69) is 46.5 Å². The van der Waals surface area contributed by atoms with Crippen molar-refractivity contribution in [1.29, 1.82) is 0 Å². The average molecular weight is 340 g/mol. The highest BCUT2D eigenvalue weighted by Gasteiger charge is 2.14. The van der Waals surface area contributed by atoms with Gasteiger partial charge in [-0.3, -0.25) is 4.79 Å². The van der Waals surface area contributed by atoms with Gasteiger partial charge in [-0.15, -0.1) is 0 Å². The maximum absolute atomic E-state index is 12.5. The van der Waals surface area contributed by atoms with Crippen LogP contribution in [0.15, 0.2) is 36.4 Å². The number of rotatable bonds is 9. The third-order valence-corrected chi connectivity index (χ3v) is 4.04. The molecule has 1 amide bonds. The van der Waals surface area contributed by atoms with Crippen molar-refractivity contribution in [1.82, 2.24) is 14.9 Å². The molecule has 0 aliphatic carbocycles. The molecule has 0 saturated heterocycles. The monoisotopic (exact) mass is 340 g/mol. The molecule has 2 aromatic rings. The number of carbonyl (C=O) groups is 1. The summed E-state index contributed by atoms with van der Waals surface area (Å²) in [6.45, 7) is 5.53. The summed E-state index contributed by atoms with van der Waals surface area (Å²) in [6, 6.07) is 12.1. The van der Waals surface area contributed by atoms with Gasteiger partial charge in [-0.05, 0) is 37.8 Å². The van der Waals surface area contributed by atoms with Crippen molar-refractivity contribution in [3.05, 3.63) is 53.3 Å². The molecule has 1 N–H and O–H groups in total. The van der Waals surface area contributed by atoms with Crippen LogP contribution in [0.4, 0.5) is 5.95 Å². The number of aromatic nitrogens is 2. The largest absolute Gasteiger partial charge is 0.354 e. The van der Waals surface area contributed by atoms with Crippen molar-refractivity contribution in [2.45, 2.75) is 39.5 Å². The number of unbranched alkanes of at least 4 members (excludes halogenated alkanes) is 1. The van der Waals surface area contributed by atoms with Crippen LogP contribution in [0.1, 0.15) is 47.9 Å². The number of aryl methyl sites for hydroxylation is 2. The second-order valence-electron chi connectivity index (χ2n) is 6.31. The number of hydrogen-bond donors (Lipinski definition) is 1. The van der Waals surface area contributed by atoms with Crippen LogP contribution >= 0.6 is 0 Å². The third kappa shape index (κ3) is 6.18. The lowest BCUT2D eigenvalue weighted by Gasteiger charge is -2.17. The summed E-state index contributed by atoms with van der Waals surface area (Å²) in [5.74, 6) is 0.478. The minimum Gasteiger partial charge on any atom is -0.354 e. The van der Waals surface area contributed by atoms with E-state index in [1.807, 2.05) is 20.0 Å². The molecule has 1 heterocycles. The van der Waals surface area contributed by atoms with Crippen LogP contribution in [0.25, 0.3) is 0 Å². The van der Waals surface area contributed by atoms with Crippen molar-refractivity contribution in [2.75, 3.05) is 25.5 Å². The van der Waals surface area contributed by atoms with E-state index in [0.29, 0.717) is 11.6 Å². The SMILES string of the molecule is CCCCN(C)C(=O)c1cc(C)nc(NCCCc2ccccc2)n1. The van der Waals surface area contributed by atoms with Gasteiger partial charge in [0.25, 0.3) is 5.91 Å². The van der Waals surface area contributed by atoms with Gasteiger partial charge < -0.3 is 10.2 Å². The van der Waals surface area contributed by atoms with Crippen LogP contribution in [0.2, 0.25) is 0 Å². The van der Waals surface area contributed by atoms with E-state index in [-0.39, 0.29) is 5.91 Å². The zero-order valence-corrected chi connectivity index (χ0v) is 15.5. The first-order valence-electron chi connectivity index (χ1n) is 8.99. The van der Waals surface area contributed by atoms with Crippen LogP contribution in [-0.2, 0) is 6.42 Å². The van der Waals surface area contributed by atoms with Gasteiger partial charge in [-0.25, -0.2) is 9.97 Å². The van der Waals surface area contributed by atoms with Gasteiger partial charge in [0.05, 0.1) is 0 Å². The molecule has 0 aliphatic rings. The zero-order valence-electron chi connectivity index (χ0n) is 15.5. The minimum atomic E-state index is -0.0497. The molecule has 0 spiro atoms. The number of anilines is 1. The quantitative estimate of drug-likeness (QED) is 0.707. The second kappa shape index (κ2) is 9.77. The Balaban J connectivity index is 1.90. The van der Waals surface area contributed by atoms with Crippen molar-refractivity contribution in [2.24, 2.45) is 0 Å². The lowest BCUT2D eigenvalue weighted by atomic mass is 10.1. The number of carbonyl (C=O) groups excluding carboxylic acids is 1. The topological polar surface area (TPSA) is 58.1 Å². The molecule has 25 heavy (non-hydrogen) atoms. The highest BCUT2D eigenvalue weighted by atomic mass is 16.2. The molecule has 5 nitrogen and oxygen atoms in total. The Morgan fingerprint density at radius 3 is 2.64 bits per heavy atom. The molecule has 1 aromatic carbocycles. The Hall–Kier alpha value is -2.43. The molecule has 1 aromatic heterocycles. The zero-order chi connectivity index (χ0) is 18.1. The maximum Gasteiger partial charge on any atom is 0.272 e. The minimum absolute atomic E-state index is 0.0497. The average Bonchev–Trinajstić information content (AvgIpc) is 2.63. The molecule has 5 heteroatoms. The van der Waals surface area contributed by atoms with Gasteiger partial charge in [-0.1, -0.05) is 43.7 Å². The molecule has 0 aliphatic heterocycles. The van der Waals surface area contributed by atoms with E-state index in [1.54, 1.807) is 11.0 Å². The molecule has 0 unspecified atom stereocenters. The van der Waals surface area contributed by atoms with E-state index >= 15 is 0 Å². The lowest BCUT2D eigenvalue weighted by Crippen LogP contribution is -2.29. The van der Waals surface area contributed by atoms with Crippen LogP contribution in [-0.4, -0.2) is 40.9 Å². The van der Waals surface area contributed by atoms with Crippen LogP contribution < -0.4 is 5.32 Å². The molecule has 2 rings (SSSR count). The fourth-order valence-electron chi connectivity index (χ4n) is 2.59. The summed E-state index contributed by atoms with van der Waals surface area (Å²) >= 11 is 0. The summed E-state index contributed by atoms with van der Waals surface area (Å²) in [5.41, 5.74) is 2.58. The van der Waals surface area contributed by atoms with Crippen LogP contribution in [0.5, 0.6) is 0 Å². The molecule has 0 bridgehead atoms. The number of nitrogens with zero attached hydrogens (tertiary/aromatic N) is 3. The fourth-order valence-corrected chi connectivity index (χ4v) is 2.59. The highest BCUT2D eigenvalue weighted by Crippen LogP contribution is 2.09. The maximum atomic E-state index is 12.5. The number of hydrogen-bond acceptors (Lipinski definition) is 4. The fraction of sp³-hybridized carbons (Fsp3) is 0.450. The Morgan fingerprint density at radius 1 is 1.16 bits per heavy atom. The van der Waals surface area contributed by atoms with E-state index in [4.69, 9.17) is 0 Å². The first kappa shape index (κ1) is 18.9. The number of benzene rings is 1. The van der Waals surface area contributed by atoms with E-state index in [0.717, 1.165) is 44.5 Å². The Labute approximate surface area is 150 Å². The van der Waals surface area contributed by atoms with Crippen molar-refractivity contribution in [3.8, 4) is 0 Å². The third-order valence-electron chi connectivity index (χ3n) is 4.04. The first-order chi connectivity index (χ1) is 12.1. The molecular formula is C20H28N4O. The van der Waals surface area contributed by atoms with Gasteiger partial charge in [0.2, 0.25) is 5.95 Å². The second-order valence-corrected chi connectivity index (χ2v) is 6.31. The first-order valence-corrected chi connectivity index (χ1v) is 8.99. The standard InChI is InChI=1S/C20H28N4O/c1-4-5-14-24(3)19(25)18-15-16(2)22-20(23-18)21-13-9-12-17-10-7-6-8-11-17/h6-8,10-11,15H,4-5,9,12-14H2,1-3H3,(H,21,22,23). The van der Waals surface area contributed by atoms with Gasteiger partial charge in [0.1, 0.15) is 5.69 Å². The number of amides is 1. The predicted octanol–water partition coefficient (Wildman–Crippen LogP) is 3.70. The van der Waals surface area contributed by atoms with E-state index < -0.39 is 0 Å². The van der Waals surface area contributed by atoms with Gasteiger partial charge in [-0.2, -0.15) is 0 Å². The van der Waals surface area contributed by atoms with Crippen molar-refractivity contribution in [3.63, 3.8) is 0 Å². The van der Waals surface area contributed by atoms with Gasteiger partial charge in [0.15, 0.2) is 0 Å². The van der Waals surface area contributed by atoms with Crippen LogP contribution in [0, 0.1) is 6.92 Å². The Kier molecular flexibility index (Phi) is 7.38. The van der Waals surface area contributed by atoms with Crippen molar-refractivity contribution < 1.29 is 4.79 Å². The summed E-state index contributed by atoms with van der Waals surface area (Å²) in [4.78, 5) is 23.0. The van der Waals surface area contributed by atoms with E-state index in [1.165, 1.54) is 5.56 Å². The smallest absolute Gasteiger partial charge is 0.272 e. The molecule has 134 valence electrons. The molecule has 0 fully saturated rings. The summed E-state index contributed by atoms with van der Waals surface area (Å²) < 4.78 is 0. The predicted molar refractivity (Wildman–Crippen MR) is 102 cm³/mol. The molecule has 0 atom stereocenters.